The maximum atomic E-state index is 10.4. The van der Waals surface area contributed by atoms with Crippen LogP contribution in [0, 0.1) is 0 Å². The first-order chi connectivity index (χ1) is 14.1. The topological polar surface area (TPSA) is 58.1 Å². The van der Waals surface area contributed by atoms with E-state index in [-0.39, 0.29) is 12.2 Å². The summed E-state index contributed by atoms with van der Waals surface area (Å²) in [5.74, 6) is 1.17. The van der Waals surface area contributed by atoms with Crippen LogP contribution in [0.5, 0.6) is 11.5 Å². The third-order valence-electron chi connectivity index (χ3n) is 5.04. The van der Waals surface area contributed by atoms with Crippen molar-refractivity contribution in [2.75, 3.05) is 6.61 Å². The summed E-state index contributed by atoms with van der Waals surface area (Å²) >= 11 is 3.57. The van der Waals surface area contributed by atoms with Crippen LogP contribution in [0.4, 0.5) is 0 Å². The molecular weight excluding hydrogens is 428 g/mol. The van der Waals surface area contributed by atoms with Gasteiger partial charge < -0.3 is 20.5 Å². The number of benzene rings is 3. The number of halogens is 1. The van der Waals surface area contributed by atoms with Crippen LogP contribution in [0.1, 0.15) is 35.8 Å². The molecule has 1 aliphatic heterocycles. The Morgan fingerprint density at radius 2 is 1.83 bits per heavy atom. The van der Waals surface area contributed by atoms with Gasteiger partial charge in [-0.1, -0.05) is 40.2 Å². The first kappa shape index (κ1) is 19.6. The molecule has 0 amide bonds. The highest BCUT2D eigenvalue weighted by molar-refractivity contribution is 9.10. The molecule has 4 rings (SSSR count). The van der Waals surface area contributed by atoms with Crippen LogP contribution in [0.3, 0.4) is 0 Å². The smallest absolute Gasteiger partial charge is 0.186 e. The maximum absolute atomic E-state index is 10.4. The molecule has 0 aliphatic carbocycles. The van der Waals surface area contributed by atoms with Crippen LogP contribution in [0.25, 0.3) is 5.70 Å². The van der Waals surface area contributed by atoms with E-state index in [4.69, 9.17) is 4.74 Å². The van der Waals surface area contributed by atoms with Gasteiger partial charge in [0, 0.05) is 21.8 Å². The predicted octanol–water partition coefficient (Wildman–Crippen LogP) is 4.50. The van der Waals surface area contributed by atoms with Gasteiger partial charge in [0.05, 0.1) is 12.2 Å². The molecule has 0 aromatic heterocycles. The number of nitrogens with two attached hydrogens (primary N) is 1. The molecule has 0 saturated carbocycles. The summed E-state index contributed by atoms with van der Waals surface area (Å²) in [6.07, 6.45) is 2.18. The van der Waals surface area contributed by atoms with Gasteiger partial charge in [-0.25, -0.2) is 0 Å². The average Bonchev–Trinajstić information content (AvgIpc) is 2.74. The van der Waals surface area contributed by atoms with E-state index in [1.807, 2.05) is 49.4 Å². The normalized spacial score (nSPS) is 18.6. The number of hydrogen-bond acceptors (Lipinski definition) is 3. The number of phenols is 1. The summed E-state index contributed by atoms with van der Waals surface area (Å²) in [5, 5.41) is 16.3. The molecule has 1 aliphatic rings. The van der Waals surface area contributed by atoms with Crippen LogP contribution in [-0.4, -0.2) is 11.7 Å². The predicted molar refractivity (Wildman–Crippen MR) is 118 cm³/mol. The standard InChI is InChI=1S/C24H23BrN2O2/c1-2-29-19-12-10-16(11-13-19)21-15-22(20-8-3-4-9-23(20)28)27-24(26-21)17-6-5-7-18(25)14-17/h3-15,22,24,26-28H,2H2,1H3/p+1. The van der Waals surface area contributed by atoms with E-state index >= 15 is 0 Å². The molecule has 29 heavy (non-hydrogen) atoms. The fourth-order valence-corrected chi connectivity index (χ4v) is 4.06. The zero-order valence-corrected chi connectivity index (χ0v) is 17.8. The quantitative estimate of drug-likeness (QED) is 0.535. The van der Waals surface area contributed by atoms with Gasteiger partial charge in [-0.05, 0) is 61.0 Å². The van der Waals surface area contributed by atoms with Crippen LogP contribution < -0.4 is 15.4 Å². The first-order valence-corrected chi connectivity index (χ1v) is 10.5. The lowest BCUT2D eigenvalue weighted by Crippen LogP contribution is -2.89. The Morgan fingerprint density at radius 1 is 1.03 bits per heavy atom. The second kappa shape index (κ2) is 8.72. The van der Waals surface area contributed by atoms with E-state index in [1.54, 1.807) is 6.07 Å². The fourth-order valence-electron chi connectivity index (χ4n) is 3.64. The van der Waals surface area contributed by atoms with E-state index in [0.717, 1.165) is 32.6 Å². The SMILES string of the molecule is CCOc1ccc(C2=CC(c3ccccc3O)[NH2+]C(c3cccc(Br)c3)N2)cc1. The fraction of sp³-hybridized carbons (Fsp3) is 0.167. The molecule has 0 spiro atoms. The molecule has 2 atom stereocenters. The second-order valence-electron chi connectivity index (χ2n) is 6.99. The lowest BCUT2D eigenvalue weighted by molar-refractivity contribution is -0.731. The van der Waals surface area contributed by atoms with Crippen molar-refractivity contribution in [3.63, 3.8) is 0 Å². The number of nitrogens with one attached hydrogen (secondary N) is 1. The summed E-state index contributed by atoms with van der Waals surface area (Å²) in [7, 11) is 0. The second-order valence-corrected chi connectivity index (χ2v) is 7.91. The highest BCUT2D eigenvalue weighted by atomic mass is 79.9. The highest BCUT2D eigenvalue weighted by Gasteiger charge is 2.29. The Bertz CT molecular complexity index is 1020. The zero-order chi connectivity index (χ0) is 20.2. The Labute approximate surface area is 179 Å². The Hall–Kier alpha value is -2.76. The monoisotopic (exact) mass is 451 g/mol. The van der Waals surface area contributed by atoms with Gasteiger partial charge in [0.1, 0.15) is 17.5 Å². The summed E-state index contributed by atoms with van der Waals surface area (Å²) < 4.78 is 6.62. The van der Waals surface area contributed by atoms with Gasteiger partial charge in [0.25, 0.3) is 0 Å². The first-order valence-electron chi connectivity index (χ1n) is 9.74. The van der Waals surface area contributed by atoms with Gasteiger partial charge in [-0.3, -0.25) is 0 Å². The lowest BCUT2D eigenvalue weighted by atomic mass is 9.98. The van der Waals surface area contributed by atoms with E-state index in [9.17, 15) is 5.11 Å². The van der Waals surface area contributed by atoms with E-state index in [0.29, 0.717) is 12.4 Å². The molecule has 3 aromatic rings. The van der Waals surface area contributed by atoms with Crippen LogP contribution in [0.15, 0.2) is 83.3 Å². The number of para-hydroxylation sites is 1. The number of phenolic OH excluding ortho intramolecular Hbond substituents is 1. The Kier molecular flexibility index (Phi) is 5.88. The van der Waals surface area contributed by atoms with E-state index in [2.05, 4.69) is 56.9 Å². The molecule has 0 bridgehead atoms. The average molecular weight is 452 g/mol. The summed E-state index contributed by atoms with van der Waals surface area (Å²) in [6, 6.07) is 23.9. The minimum absolute atomic E-state index is 0.0111. The van der Waals surface area contributed by atoms with Crippen molar-refractivity contribution in [3.05, 3.63) is 100 Å². The van der Waals surface area contributed by atoms with Gasteiger partial charge >= 0.3 is 0 Å². The summed E-state index contributed by atoms with van der Waals surface area (Å²) in [5.41, 5.74) is 4.18. The maximum Gasteiger partial charge on any atom is 0.186 e. The van der Waals surface area contributed by atoms with Crippen molar-refractivity contribution in [2.24, 2.45) is 0 Å². The largest absolute Gasteiger partial charge is 0.507 e. The van der Waals surface area contributed by atoms with E-state index < -0.39 is 0 Å². The number of hydrogen-bond donors (Lipinski definition) is 3. The van der Waals surface area contributed by atoms with Gasteiger partial charge in [0.2, 0.25) is 0 Å². The molecule has 2 unspecified atom stereocenters. The third-order valence-corrected chi connectivity index (χ3v) is 5.53. The molecule has 0 saturated heterocycles. The van der Waals surface area contributed by atoms with Crippen molar-refractivity contribution >= 4 is 21.6 Å². The minimum atomic E-state index is -0.0111. The number of quaternary nitrogens is 1. The van der Waals surface area contributed by atoms with Gasteiger partial charge in [0.15, 0.2) is 6.17 Å². The Morgan fingerprint density at radius 3 is 2.55 bits per heavy atom. The van der Waals surface area contributed by atoms with Crippen LogP contribution in [-0.2, 0) is 0 Å². The van der Waals surface area contributed by atoms with Crippen LogP contribution in [0.2, 0.25) is 0 Å². The van der Waals surface area contributed by atoms with Crippen molar-refractivity contribution in [1.82, 2.24) is 5.32 Å². The number of ether oxygens (including phenoxy) is 1. The molecular formula is C24H24BrN2O2+. The summed E-state index contributed by atoms with van der Waals surface area (Å²) in [4.78, 5) is 0. The van der Waals surface area contributed by atoms with Crippen molar-refractivity contribution in [2.45, 2.75) is 19.1 Å². The molecule has 0 radical (unpaired) electrons. The van der Waals surface area contributed by atoms with Gasteiger partial charge in [-0.2, -0.15) is 0 Å². The lowest BCUT2D eigenvalue weighted by Gasteiger charge is -2.30. The molecule has 1 heterocycles. The number of aromatic hydroxyl groups is 1. The third kappa shape index (κ3) is 4.47. The molecule has 3 aromatic carbocycles. The van der Waals surface area contributed by atoms with Crippen molar-refractivity contribution in [3.8, 4) is 11.5 Å². The zero-order valence-electron chi connectivity index (χ0n) is 16.2. The molecule has 148 valence electrons. The molecule has 4 N–H and O–H groups in total. The number of rotatable bonds is 5. The summed E-state index contributed by atoms with van der Waals surface area (Å²) in [6.45, 7) is 2.63. The van der Waals surface area contributed by atoms with Crippen molar-refractivity contribution < 1.29 is 15.2 Å². The molecule has 5 heteroatoms. The highest BCUT2D eigenvalue weighted by Crippen LogP contribution is 2.29. The van der Waals surface area contributed by atoms with Gasteiger partial charge in [-0.15, -0.1) is 0 Å². The molecule has 0 fully saturated rings. The van der Waals surface area contributed by atoms with Crippen molar-refractivity contribution in [1.29, 1.82) is 0 Å². The molecule has 4 nitrogen and oxygen atoms in total. The minimum Gasteiger partial charge on any atom is -0.507 e. The van der Waals surface area contributed by atoms with Crippen LogP contribution >= 0.6 is 15.9 Å². The van der Waals surface area contributed by atoms with E-state index in [1.165, 1.54) is 0 Å². The Balaban J connectivity index is 1.72.